The summed E-state index contributed by atoms with van der Waals surface area (Å²) in [5.74, 6) is -0.254. The molecule has 1 amide bonds. The number of rotatable bonds is 5. The van der Waals surface area contributed by atoms with Gasteiger partial charge in [-0.05, 0) is 25.0 Å². The van der Waals surface area contributed by atoms with Crippen molar-refractivity contribution in [3.8, 4) is 0 Å². The molecule has 20 heavy (non-hydrogen) atoms. The van der Waals surface area contributed by atoms with Crippen molar-refractivity contribution in [3.63, 3.8) is 0 Å². The molecule has 0 spiro atoms. The largest absolute Gasteiger partial charge is 0.330 e. The van der Waals surface area contributed by atoms with Crippen molar-refractivity contribution >= 4 is 18.0 Å². The molecule has 1 aliphatic rings. The van der Waals surface area contributed by atoms with Gasteiger partial charge in [0.1, 0.15) is 11.7 Å². The molecule has 0 aromatic heterocycles. The standard InChI is InChI=1S/C16H17NO3/c1-16(9-5-6-10-18)14(19)12-17(15(16)20)11-13-7-3-2-4-8-13/h2-8,10H,9,11-12H2,1H3/b6-5+. The number of carbonyl (C=O) groups is 3. The number of hydrogen-bond donors (Lipinski definition) is 0. The summed E-state index contributed by atoms with van der Waals surface area (Å²) >= 11 is 0. The maximum atomic E-state index is 12.4. The maximum Gasteiger partial charge on any atom is 0.237 e. The average Bonchev–Trinajstić information content (AvgIpc) is 2.65. The smallest absolute Gasteiger partial charge is 0.237 e. The lowest BCUT2D eigenvalue weighted by Gasteiger charge is -2.20. The molecule has 0 bridgehead atoms. The highest BCUT2D eigenvalue weighted by Crippen LogP contribution is 2.33. The van der Waals surface area contributed by atoms with Crippen LogP contribution in [0, 0.1) is 5.41 Å². The van der Waals surface area contributed by atoms with Gasteiger partial charge in [-0.3, -0.25) is 14.4 Å². The van der Waals surface area contributed by atoms with Gasteiger partial charge in [0, 0.05) is 6.54 Å². The van der Waals surface area contributed by atoms with E-state index in [-0.39, 0.29) is 24.7 Å². The highest BCUT2D eigenvalue weighted by atomic mass is 16.2. The van der Waals surface area contributed by atoms with Gasteiger partial charge in [-0.15, -0.1) is 0 Å². The number of Topliss-reactive ketones (excluding diaryl/α,β-unsaturated/α-hetero) is 1. The summed E-state index contributed by atoms with van der Waals surface area (Å²) in [6, 6.07) is 9.58. The molecule has 0 radical (unpaired) electrons. The van der Waals surface area contributed by atoms with Crippen molar-refractivity contribution in [1.29, 1.82) is 0 Å². The summed E-state index contributed by atoms with van der Waals surface area (Å²) in [5.41, 5.74) is -0.0322. The number of benzene rings is 1. The average molecular weight is 271 g/mol. The number of carbonyl (C=O) groups excluding carboxylic acids is 3. The molecular weight excluding hydrogens is 254 g/mol. The fourth-order valence-electron chi connectivity index (χ4n) is 2.38. The van der Waals surface area contributed by atoms with Crippen LogP contribution in [-0.4, -0.2) is 29.4 Å². The van der Waals surface area contributed by atoms with Crippen LogP contribution in [0.2, 0.25) is 0 Å². The van der Waals surface area contributed by atoms with Gasteiger partial charge in [-0.1, -0.05) is 36.4 Å². The monoisotopic (exact) mass is 271 g/mol. The van der Waals surface area contributed by atoms with E-state index < -0.39 is 5.41 Å². The van der Waals surface area contributed by atoms with Crippen LogP contribution in [0.25, 0.3) is 0 Å². The summed E-state index contributed by atoms with van der Waals surface area (Å²) in [7, 11) is 0. The number of likely N-dealkylation sites (tertiary alicyclic amines) is 1. The molecule has 1 fully saturated rings. The van der Waals surface area contributed by atoms with Gasteiger partial charge in [-0.25, -0.2) is 0 Å². The lowest BCUT2D eigenvalue weighted by atomic mass is 9.84. The molecule has 0 aliphatic carbocycles. The number of ketones is 1. The highest BCUT2D eigenvalue weighted by Gasteiger charge is 2.48. The van der Waals surface area contributed by atoms with Crippen molar-refractivity contribution < 1.29 is 14.4 Å². The Labute approximate surface area is 118 Å². The SMILES string of the molecule is CC1(C/C=C/C=O)C(=O)CN(Cc2ccccc2)C1=O. The maximum absolute atomic E-state index is 12.4. The number of nitrogens with zero attached hydrogens (tertiary/aromatic N) is 1. The summed E-state index contributed by atoms with van der Waals surface area (Å²) in [6.07, 6.45) is 3.82. The summed E-state index contributed by atoms with van der Waals surface area (Å²) in [5, 5.41) is 0. The Hall–Kier alpha value is -2.23. The predicted octanol–water partition coefficient (Wildman–Crippen LogP) is 1.75. The fraction of sp³-hybridized carbons (Fsp3) is 0.312. The van der Waals surface area contributed by atoms with Crippen LogP contribution in [0.5, 0.6) is 0 Å². The van der Waals surface area contributed by atoms with Gasteiger partial charge in [0.2, 0.25) is 5.91 Å². The molecule has 1 unspecified atom stereocenters. The Morgan fingerprint density at radius 3 is 2.60 bits per heavy atom. The number of hydrogen-bond acceptors (Lipinski definition) is 3. The molecule has 1 aromatic rings. The van der Waals surface area contributed by atoms with E-state index in [4.69, 9.17) is 0 Å². The molecule has 1 atom stereocenters. The van der Waals surface area contributed by atoms with Crippen LogP contribution in [0.4, 0.5) is 0 Å². The van der Waals surface area contributed by atoms with E-state index >= 15 is 0 Å². The predicted molar refractivity (Wildman–Crippen MR) is 74.8 cm³/mol. The zero-order chi connectivity index (χ0) is 14.6. The van der Waals surface area contributed by atoms with Gasteiger partial charge in [0.05, 0.1) is 6.54 Å². The van der Waals surface area contributed by atoms with Crippen molar-refractivity contribution in [1.82, 2.24) is 4.90 Å². The second-order valence-corrected chi connectivity index (χ2v) is 5.17. The van der Waals surface area contributed by atoms with Gasteiger partial charge in [-0.2, -0.15) is 0 Å². The highest BCUT2D eigenvalue weighted by molar-refractivity contribution is 6.12. The normalized spacial score (nSPS) is 22.8. The second-order valence-electron chi connectivity index (χ2n) is 5.17. The second kappa shape index (κ2) is 5.82. The van der Waals surface area contributed by atoms with Crippen LogP contribution in [0.3, 0.4) is 0 Å². The first-order valence-corrected chi connectivity index (χ1v) is 6.55. The molecule has 104 valence electrons. The van der Waals surface area contributed by atoms with Crippen molar-refractivity contribution in [2.24, 2.45) is 5.41 Å². The van der Waals surface area contributed by atoms with Crippen molar-refractivity contribution in [2.75, 3.05) is 6.54 Å². The lowest BCUT2D eigenvalue weighted by Crippen LogP contribution is -2.33. The fourth-order valence-corrected chi connectivity index (χ4v) is 2.38. The first-order chi connectivity index (χ1) is 9.58. The molecule has 2 rings (SSSR count). The number of allylic oxidation sites excluding steroid dienone is 2. The van der Waals surface area contributed by atoms with E-state index in [1.54, 1.807) is 17.9 Å². The topological polar surface area (TPSA) is 54.5 Å². The zero-order valence-corrected chi connectivity index (χ0v) is 11.4. The van der Waals surface area contributed by atoms with Gasteiger partial charge < -0.3 is 4.90 Å². The van der Waals surface area contributed by atoms with E-state index in [1.165, 1.54) is 6.08 Å². The van der Waals surface area contributed by atoms with E-state index in [0.717, 1.165) is 5.56 Å². The molecule has 1 saturated heterocycles. The Balaban J connectivity index is 2.12. The quantitative estimate of drug-likeness (QED) is 0.466. The van der Waals surface area contributed by atoms with Crippen molar-refractivity contribution in [3.05, 3.63) is 48.0 Å². The lowest BCUT2D eigenvalue weighted by molar-refractivity contribution is -0.138. The summed E-state index contributed by atoms with van der Waals surface area (Å²) in [6.45, 7) is 2.23. The molecule has 1 heterocycles. The Bertz CT molecular complexity index is 550. The van der Waals surface area contributed by atoms with Crippen LogP contribution in [-0.2, 0) is 20.9 Å². The molecule has 4 heteroatoms. The Morgan fingerprint density at radius 1 is 1.25 bits per heavy atom. The molecule has 0 N–H and O–H groups in total. The number of aldehydes is 1. The Kier molecular flexibility index (Phi) is 4.13. The van der Waals surface area contributed by atoms with Crippen LogP contribution in [0.15, 0.2) is 42.5 Å². The van der Waals surface area contributed by atoms with E-state index in [9.17, 15) is 14.4 Å². The molecule has 4 nitrogen and oxygen atoms in total. The minimum absolute atomic E-state index is 0.0889. The van der Waals surface area contributed by atoms with Crippen LogP contribution >= 0.6 is 0 Å². The molecule has 1 aromatic carbocycles. The molecule has 0 saturated carbocycles. The third-order valence-electron chi connectivity index (χ3n) is 3.67. The van der Waals surface area contributed by atoms with Crippen LogP contribution in [0.1, 0.15) is 18.9 Å². The number of amides is 1. The molecular formula is C16H17NO3. The van der Waals surface area contributed by atoms with Gasteiger partial charge in [0.25, 0.3) is 0 Å². The van der Waals surface area contributed by atoms with Crippen LogP contribution < -0.4 is 0 Å². The summed E-state index contributed by atoms with van der Waals surface area (Å²) in [4.78, 5) is 36.4. The van der Waals surface area contributed by atoms with Gasteiger partial charge in [0.15, 0.2) is 5.78 Å². The minimum Gasteiger partial charge on any atom is -0.330 e. The van der Waals surface area contributed by atoms with E-state index in [2.05, 4.69) is 0 Å². The van der Waals surface area contributed by atoms with Gasteiger partial charge >= 0.3 is 0 Å². The first-order valence-electron chi connectivity index (χ1n) is 6.55. The molecule has 1 aliphatic heterocycles. The Morgan fingerprint density at radius 2 is 1.95 bits per heavy atom. The minimum atomic E-state index is -1.03. The van der Waals surface area contributed by atoms with Crippen molar-refractivity contribution in [2.45, 2.75) is 19.9 Å². The zero-order valence-electron chi connectivity index (χ0n) is 11.4. The first kappa shape index (κ1) is 14.2. The van der Waals surface area contributed by atoms with E-state index in [0.29, 0.717) is 12.8 Å². The third kappa shape index (κ3) is 2.69. The third-order valence-corrected chi connectivity index (χ3v) is 3.67. The summed E-state index contributed by atoms with van der Waals surface area (Å²) < 4.78 is 0. The van der Waals surface area contributed by atoms with E-state index in [1.807, 2.05) is 30.3 Å².